The minimum Gasteiger partial charge on any atom is -0.336 e. The number of rotatable bonds is 4. The molecule has 172 valence electrons. The quantitative estimate of drug-likeness (QED) is 0.372. The molecular weight excluding hydrogens is 428 g/mol. The van der Waals surface area contributed by atoms with Crippen LogP contribution in [0.4, 0.5) is 0 Å². The van der Waals surface area contributed by atoms with E-state index in [0.29, 0.717) is 18.7 Å². The van der Waals surface area contributed by atoms with Crippen molar-refractivity contribution in [3.05, 3.63) is 143 Å². The van der Waals surface area contributed by atoms with Crippen molar-refractivity contribution < 1.29 is 4.79 Å². The fourth-order valence-corrected chi connectivity index (χ4v) is 4.61. The van der Waals surface area contributed by atoms with Gasteiger partial charge in [-0.05, 0) is 47.5 Å². The molecule has 35 heavy (non-hydrogen) atoms. The average Bonchev–Trinajstić information content (AvgIpc) is 2.94. The first kappa shape index (κ1) is 22.7. The van der Waals surface area contributed by atoms with E-state index < -0.39 is 0 Å². The van der Waals surface area contributed by atoms with Gasteiger partial charge in [0.25, 0.3) is 5.91 Å². The molecular formula is C32H28N2O. The number of benzene rings is 4. The zero-order valence-electron chi connectivity index (χ0n) is 19.7. The molecule has 1 fully saturated rings. The van der Waals surface area contributed by atoms with Gasteiger partial charge < -0.3 is 4.90 Å². The van der Waals surface area contributed by atoms with Crippen LogP contribution in [0.5, 0.6) is 0 Å². The van der Waals surface area contributed by atoms with E-state index in [1.165, 1.54) is 11.1 Å². The summed E-state index contributed by atoms with van der Waals surface area (Å²) in [7, 11) is 0. The molecule has 3 heteroatoms. The molecule has 0 N–H and O–H groups in total. The molecule has 1 heterocycles. The van der Waals surface area contributed by atoms with Crippen molar-refractivity contribution in [3.8, 4) is 11.8 Å². The minimum atomic E-state index is 0.0863. The Hall–Kier alpha value is -4.13. The van der Waals surface area contributed by atoms with Crippen molar-refractivity contribution in [1.29, 1.82) is 0 Å². The molecule has 1 aliphatic rings. The van der Waals surface area contributed by atoms with Crippen LogP contribution in [0.25, 0.3) is 0 Å². The van der Waals surface area contributed by atoms with E-state index in [-0.39, 0.29) is 11.9 Å². The topological polar surface area (TPSA) is 23.6 Å². The Labute approximate surface area is 207 Å². The highest BCUT2D eigenvalue weighted by atomic mass is 16.2. The predicted octanol–water partition coefficient (Wildman–Crippen LogP) is 5.63. The maximum absolute atomic E-state index is 13.2. The Bertz CT molecular complexity index is 1260. The number of hydrogen-bond donors (Lipinski definition) is 0. The van der Waals surface area contributed by atoms with Crippen molar-refractivity contribution in [1.82, 2.24) is 9.80 Å². The van der Waals surface area contributed by atoms with E-state index in [2.05, 4.69) is 77.4 Å². The third-order valence-electron chi connectivity index (χ3n) is 6.45. The van der Waals surface area contributed by atoms with Gasteiger partial charge >= 0.3 is 0 Å². The summed E-state index contributed by atoms with van der Waals surface area (Å²) in [5, 5.41) is 0. The van der Waals surface area contributed by atoms with E-state index in [1.807, 2.05) is 59.5 Å². The highest BCUT2D eigenvalue weighted by Gasteiger charge is 2.28. The Kier molecular flexibility index (Phi) is 7.03. The minimum absolute atomic E-state index is 0.0863. The second-order valence-corrected chi connectivity index (χ2v) is 8.75. The normalized spacial score (nSPS) is 13.8. The molecule has 0 bridgehead atoms. The van der Waals surface area contributed by atoms with Gasteiger partial charge in [0.15, 0.2) is 0 Å². The summed E-state index contributed by atoms with van der Waals surface area (Å²) >= 11 is 0. The lowest BCUT2D eigenvalue weighted by molar-refractivity contribution is 0.0597. The SMILES string of the molecule is O=C(c1ccc(C#Cc2ccccc2)cc1)N1CCN(C(c2ccccc2)c2ccccc2)CC1. The third-order valence-corrected chi connectivity index (χ3v) is 6.45. The van der Waals surface area contributed by atoms with Crippen LogP contribution in [0.2, 0.25) is 0 Å². The highest BCUT2D eigenvalue weighted by Crippen LogP contribution is 2.29. The molecule has 0 saturated carbocycles. The zero-order chi connectivity index (χ0) is 23.9. The first-order valence-corrected chi connectivity index (χ1v) is 12.1. The van der Waals surface area contributed by atoms with Crippen molar-refractivity contribution in [2.24, 2.45) is 0 Å². The van der Waals surface area contributed by atoms with E-state index in [4.69, 9.17) is 0 Å². The molecule has 5 rings (SSSR count). The smallest absolute Gasteiger partial charge is 0.253 e. The van der Waals surface area contributed by atoms with Crippen LogP contribution in [0.3, 0.4) is 0 Å². The molecule has 4 aromatic rings. The van der Waals surface area contributed by atoms with Crippen molar-refractivity contribution in [2.75, 3.05) is 26.2 Å². The number of hydrogen-bond acceptors (Lipinski definition) is 2. The maximum Gasteiger partial charge on any atom is 0.253 e. The van der Waals surface area contributed by atoms with Gasteiger partial charge in [0, 0.05) is 42.9 Å². The van der Waals surface area contributed by atoms with Gasteiger partial charge in [0.1, 0.15) is 0 Å². The van der Waals surface area contributed by atoms with Crippen LogP contribution in [-0.4, -0.2) is 41.9 Å². The van der Waals surface area contributed by atoms with Crippen molar-refractivity contribution in [2.45, 2.75) is 6.04 Å². The summed E-state index contributed by atoms with van der Waals surface area (Å²) < 4.78 is 0. The second-order valence-electron chi connectivity index (χ2n) is 8.75. The van der Waals surface area contributed by atoms with Gasteiger partial charge in [0.05, 0.1) is 6.04 Å². The Morgan fingerprint density at radius 1 is 0.571 bits per heavy atom. The molecule has 0 radical (unpaired) electrons. The number of amides is 1. The van der Waals surface area contributed by atoms with E-state index in [0.717, 1.165) is 24.2 Å². The number of piperazine rings is 1. The number of nitrogens with zero attached hydrogens (tertiary/aromatic N) is 2. The fourth-order valence-electron chi connectivity index (χ4n) is 4.61. The summed E-state index contributed by atoms with van der Waals surface area (Å²) in [4.78, 5) is 17.6. The van der Waals surface area contributed by atoms with Gasteiger partial charge in [0.2, 0.25) is 0 Å². The van der Waals surface area contributed by atoms with Crippen LogP contribution in [-0.2, 0) is 0 Å². The molecule has 0 unspecified atom stereocenters. The summed E-state index contributed by atoms with van der Waals surface area (Å²) in [6, 6.07) is 39.0. The average molecular weight is 457 g/mol. The van der Waals surface area contributed by atoms with Gasteiger partial charge in [-0.25, -0.2) is 0 Å². The first-order chi connectivity index (χ1) is 17.3. The Morgan fingerprint density at radius 3 is 1.54 bits per heavy atom. The molecule has 1 aliphatic heterocycles. The number of carbonyl (C=O) groups is 1. The molecule has 0 aromatic heterocycles. The number of carbonyl (C=O) groups excluding carboxylic acids is 1. The Morgan fingerprint density at radius 2 is 1.03 bits per heavy atom. The van der Waals surface area contributed by atoms with E-state index in [9.17, 15) is 4.79 Å². The van der Waals surface area contributed by atoms with Crippen LogP contribution in [0.15, 0.2) is 115 Å². The zero-order valence-corrected chi connectivity index (χ0v) is 19.7. The lowest BCUT2D eigenvalue weighted by atomic mass is 9.96. The summed E-state index contributed by atoms with van der Waals surface area (Å²) in [5.74, 6) is 6.43. The molecule has 0 atom stereocenters. The van der Waals surface area contributed by atoms with Crippen LogP contribution < -0.4 is 0 Å². The largest absolute Gasteiger partial charge is 0.336 e. The van der Waals surface area contributed by atoms with Crippen LogP contribution in [0, 0.1) is 11.8 Å². The van der Waals surface area contributed by atoms with Gasteiger partial charge in [-0.2, -0.15) is 0 Å². The predicted molar refractivity (Wildman–Crippen MR) is 141 cm³/mol. The molecule has 4 aromatic carbocycles. The lowest BCUT2D eigenvalue weighted by Crippen LogP contribution is -2.49. The molecule has 0 spiro atoms. The molecule has 0 aliphatic carbocycles. The van der Waals surface area contributed by atoms with Gasteiger partial charge in [-0.1, -0.05) is 90.7 Å². The lowest BCUT2D eigenvalue weighted by Gasteiger charge is -2.39. The van der Waals surface area contributed by atoms with Crippen molar-refractivity contribution in [3.63, 3.8) is 0 Å². The standard InChI is InChI=1S/C32H28N2O/c35-32(30-20-18-27(19-21-30)17-16-26-10-4-1-5-11-26)34-24-22-33(23-25-34)31(28-12-6-2-7-13-28)29-14-8-3-9-15-29/h1-15,18-21,31H,22-25H2. The highest BCUT2D eigenvalue weighted by molar-refractivity contribution is 5.94. The summed E-state index contributed by atoms with van der Waals surface area (Å²) in [5.41, 5.74) is 5.17. The van der Waals surface area contributed by atoms with Crippen LogP contribution in [0.1, 0.15) is 38.7 Å². The van der Waals surface area contributed by atoms with Crippen molar-refractivity contribution >= 4 is 5.91 Å². The molecule has 1 amide bonds. The second kappa shape index (κ2) is 10.9. The Balaban J connectivity index is 1.25. The van der Waals surface area contributed by atoms with Gasteiger partial charge in [-0.3, -0.25) is 9.69 Å². The molecule has 3 nitrogen and oxygen atoms in total. The monoisotopic (exact) mass is 456 g/mol. The van der Waals surface area contributed by atoms with Crippen LogP contribution >= 0.6 is 0 Å². The summed E-state index contributed by atoms with van der Waals surface area (Å²) in [6.45, 7) is 3.09. The van der Waals surface area contributed by atoms with Gasteiger partial charge in [-0.15, -0.1) is 0 Å². The van der Waals surface area contributed by atoms with E-state index >= 15 is 0 Å². The fraction of sp³-hybridized carbons (Fsp3) is 0.156. The molecule has 1 saturated heterocycles. The van der Waals surface area contributed by atoms with E-state index in [1.54, 1.807) is 0 Å². The first-order valence-electron chi connectivity index (χ1n) is 12.1. The maximum atomic E-state index is 13.2. The summed E-state index contributed by atoms with van der Waals surface area (Å²) in [6.07, 6.45) is 0. The third kappa shape index (κ3) is 5.51.